The number of hydrogen-bond donors (Lipinski definition) is 1. The van der Waals surface area contributed by atoms with Crippen LogP contribution in [0.2, 0.25) is 19.6 Å². The number of benzene rings is 1. The maximum atomic E-state index is 13.0. The molecule has 1 aromatic heterocycles. The molecule has 6 nitrogen and oxygen atoms in total. The average Bonchev–Trinajstić information content (AvgIpc) is 2.54. The normalized spacial score (nSPS) is 17.6. The van der Waals surface area contributed by atoms with Crippen molar-refractivity contribution in [3.63, 3.8) is 0 Å². The number of amides is 2. The zero-order chi connectivity index (χ0) is 19.1. The van der Waals surface area contributed by atoms with E-state index in [-0.39, 0.29) is 17.9 Å². The third-order valence-electron chi connectivity index (χ3n) is 4.20. The Hall–Kier alpha value is -2.72. The number of rotatable bonds is 1. The Morgan fingerprint density at radius 1 is 1.23 bits per heavy atom. The number of carbonyl (C=O) groups excluding carboxylic acids is 2. The predicted molar refractivity (Wildman–Crippen MR) is 102 cm³/mol. The van der Waals surface area contributed by atoms with Crippen LogP contribution in [0.25, 0.3) is 10.9 Å². The maximum Gasteiger partial charge on any atom is 0.262 e. The lowest BCUT2D eigenvalue weighted by atomic mass is 10.0. The van der Waals surface area contributed by atoms with Crippen molar-refractivity contribution in [1.82, 2.24) is 14.9 Å². The summed E-state index contributed by atoms with van der Waals surface area (Å²) in [6, 6.07) is 4.63. The number of aromatic nitrogens is 2. The van der Waals surface area contributed by atoms with Crippen molar-refractivity contribution in [2.45, 2.75) is 45.4 Å². The highest BCUT2D eigenvalue weighted by atomic mass is 28.3. The largest absolute Gasteiger partial charge is 0.295 e. The van der Waals surface area contributed by atoms with Gasteiger partial charge < -0.3 is 0 Å². The molecule has 1 aromatic carbocycles. The van der Waals surface area contributed by atoms with Crippen LogP contribution in [0.3, 0.4) is 0 Å². The van der Waals surface area contributed by atoms with E-state index in [2.05, 4.69) is 41.4 Å². The molecule has 26 heavy (non-hydrogen) atoms. The van der Waals surface area contributed by atoms with Gasteiger partial charge in [-0.15, -0.1) is 5.54 Å². The van der Waals surface area contributed by atoms with Crippen LogP contribution in [0, 0.1) is 18.4 Å². The molecule has 0 spiro atoms. The van der Waals surface area contributed by atoms with Crippen LogP contribution in [0.4, 0.5) is 0 Å². The fraction of sp³-hybridized carbons (Fsp3) is 0.368. The van der Waals surface area contributed by atoms with Crippen molar-refractivity contribution in [3.05, 3.63) is 39.9 Å². The Morgan fingerprint density at radius 3 is 2.62 bits per heavy atom. The van der Waals surface area contributed by atoms with Gasteiger partial charge in [0.1, 0.15) is 19.9 Å². The van der Waals surface area contributed by atoms with Crippen LogP contribution < -0.4 is 10.9 Å². The van der Waals surface area contributed by atoms with Gasteiger partial charge in [0, 0.05) is 6.42 Å². The summed E-state index contributed by atoms with van der Waals surface area (Å²) >= 11 is 0. The Morgan fingerprint density at radius 2 is 1.96 bits per heavy atom. The van der Waals surface area contributed by atoms with Crippen molar-refractivity contribution >= 4 is 30.8 Å². The molecule has 1 aliphatic rings. The lowest BCUT2D eigenvalue weighted by Gasteiger charge is -2.24. The van der Waals surface area contributed by atoms with E-state index < -0.39 is 20.0 Å². The van der Waals surface area contributed by atoms with Crippen molar-refractivity contribution in [2.75, 3.05) is 0 Å². The standard InChI is InChI=1S/C19H21N3O3Si/c1-12-20-17-13(10-11-26(2,3)4)6-5-7-14(17)19(25)22(12)15-8-9-16(23)21-18(15)24/h5-7,15H,8-9H2,1-4H3,(H,21,23,24)/t15-/m0/s1. The van der Waals surface area contributed by atoms with E-state index in [9.17, 15) is 14.4 Å². The van der Waals surface area contributed by atoms with E-state index in [0.29, 0.717) is 23.1 Å². The molecule has 1 fully saturated rings. The molecule has 3 rings (SSSR count). The summed E-state index contributed by atoms with van der Waals surface area (Å²) in [7, 11) is -1.56. The molecule has 0 aliphatic carbocycles. The molecule has 2 aromatic rings. The molecule has 7 heteroatoms. The van der Waals surface area contributed by atoms with Gasteiger partial charge in [-0.05, 0) is 25.5 Å². The number of piperidine rings is 1. The number of carbonyl (C=O) groups is 2. The minimum Gasteiger partial charge on any atom is -0.295 e. The van der Waals surface area contributed by atoms with Crippen molar-refractivity contribution in [3.8, 4) is 11.5 Å². The molecule has 1 aliphatic heterocycles. The van der Waals surface area contributed by atoms with Gasteiger partial charge in [-0.3, -0.25) is 24.3 Å². The molecule has 0 saturated carbocycles. The van der Waals surface area contributed by atoms with Crippen LogP contribution in [0.1, 0.15) is 30.3 Å². The van der Waals surface area contributed by atoms with Gasteiger partial charge in [0.25, 0.3) is 5.56 Å². The molecule has 1 N–H and O–H groups in total. The number of nitrogens with zero attached hydrogens (tertiary/aromatic N) is 2. The number of aryl methyl sites for hydroxylation is 1. The average molecular weight is 367 g/mol. The lowest BCUT2D eigenvalue weighted by Crippen LogP contribution is -2.45. The maximum absolute atomic E-state index is 13.0. The highest BCUT2D eigenvalue weighted by Crippen LogP contribution is 2.21. The van der Waals surface area contributed by atoms with Crippen LogP contribution in [-0.2, 0) is 9.59 Å². The second-order valence-electron chi connectivity index (χ2n) is 7.50. The van der Waals surface area contributed by atoms with E-state index in [1.54, 1.807) is 19.1 Å². The molecule has 0 bridgehead atoms. The van der Waals surface area contributed by atoms with Gasteiger partial charge in [-0.25, -0.2) is 4.98 Å². The van der Waals surface area contributed by atoms with E-state index >= 15 is 0 Å². The van der Waals surface area contributed by atoms with Crippen molar-refractivity contribution in [2.24, 2.45) is 0 Å². The predicted octanol–water partition coefficient (Wildman–Crippen LogP) is 1.91. The summed E-state index contributed by atoms with van der Waals surface area (Å²) in [6.07, 6.45) is 0.510. The van der Waals surface area contributed by atoms with E-state index in [1.165, 1.54) is 4.57 Å². The van der Waals surface area contributed by atoms with E-state index in [4.69, 9.17) is 0 Å². The molecule has 0 unspecified atom stereocenters. The van der Waals surface area contributed by atoms with Gasteiger partial charge in [-0.2, -0.15) is 0 Å². The summed E-state index contributed by atoms with van der Waals surface area (Å²) in [5, 5.41) is 2.73. The quantitative estimate of drug-likeness (QED) is 0.474. The van der Waals surface area contributed by atoms with Gasteiger partial charge in [-0.1, -0.05) is 31.6 Å². The Labute approximate surface area is 152 Å². The minimum atomic E-state index is -1.56. The van der Waals surface area contributed by atoms with Crippen LogP contribution in [0.15, 0.2) is 23.0 Å². The summed E-state index contributed by atoms with van der Waals surface area (Å²) in [4.78, 5) is 41.2. The Balaban J connectivity index is 2.18. The van der Waals surface area contributed by atoms with Crippen molar-refractivity contribution in [1.29, 1.82) is 0 Å². The van der Waals surface area contributed by atoms with Gasteiger partial charge in [0.15, 0.2) is 0 Å². The first-order valence-electron chi connectivity index (χ1n) is 8.56. The highest BCUT2D eigenvalue weighted by Gasteiger charge is 2.30. The van der Waals surface area contributed by atoms with Crippen molar-refractivity contribution < 1.29 is 9.59 Å². The first-order valence-corrected chi connectivity index (χ1v) is 12.1. The SMILES string of the molecule is Cc1nc2c(C#C[Si](C)(C)C)cccc2c(=O)n1[C@H]1CCC(=O)NC1=O. The molecule has 2 amide bonds. The van der Waals surface area contributed by atoms with Crippen LogP contribution >= 0.6 is 0 Å². The molecule has 134 valence electrons. The first-order chi connectivity index (χ1) is 12.2. The summed E-state index contributed by atoms with van der Waals surface area (Å²) in [5.41, 5.74) is 4.30. The van der Waals surface area contributed by atoms with Crippen LogP contribution in [0.5, 0.6) is 0 Å². The second kappa shape index (κ2) is 6.54. The second-order valence-corrected chi connectivity index (χ2v) is 12.3. The van der Waals surface area contributed by atoms with Crippen LogP contribution in [-0.4, -0.2) is 29.4 Å². The summed E-state index contributed by atoms with van der Waals surface area (Å²) in [6.45, 7) is 8.16. The molecule has 0 radical (unpaired) electrons. The number of nitrogens with one attached hydrogen (secondary N) is 1. The van der Waals surface area contributed by atoms with Gasteiger partial charge in [0.2, 0.25) is 11.8 Å². The van der Waals surface area contributed by atoms with E-state index in [0.717, 1.165) is 5.56 Å². The number of fused-ring (bicyclic) bond motifs is 1. The summed E-state index contributed by atoms with van der Waals surface area (Å²) < 4.78 is 1.39. The lowest BCUT2D eigenvalue weighted by molar-refractivity contribution is -0.135. The molecular weight excluding hydrogens is 346 g/mol. The zero-order valence-corrected chi connectivity index (χ0v) is 16.3. The Bertz CT molecular complexity index is 1040. The monoisotopic (exact) mass is 367 g/mol. The Kier molecular flexibility index (Phi) is 4.55. The zero-order valence-electron chi connectivity index (χ0n) is 15.3. The molecule has 1 atom stereocenters. The molecule has 1 saturated heterocycles. The fourth-order valence-electron chi connectivity index (χ4n) is 2.98. The number of hydrogen-bond acceptors (Lipinski definition) is 4. The third kappa shape index (κ3) is 3.46. The topological polar surface area (TPSA) is 81.1 Å². The third-order valence-corrected chi connectivity index (χ3v) is 5.08. The van der Waals surface area contributed by atoms with E-state index in [1.807, 2.05) is 6.07 Å². The highest BCUT2D eigenvalue weighted by molar-refractivity contribution is 6.83. The van der Waals surface area contributed by atoms with Gasteiger partial charge in [0.05, 0.1) is 16.5 Å². The van der Waals surface area contributed by atoms with Gasteiger partial charge >= 0.3 is 0 Å². The first kappa shape index (κ1) is 18.1. The number of para-hydroxylation sites is 1. The smallest absolute Gasteiger partial charge is 0.262 e. The minimum absolute atomic E-state index is 0.210. The summed E-state index contributed by atoms with van der Waals surface area (Å²) in [5.74, 6) is 2.85. The number of imide groups is 1. The fourth-order valence-corrected chi connectivity index (χ4v) is 3.49. The molecular formula is C19H21N3O3Si. The molecule has 2 heterocycles.